The van der Waals surface area contributed by atoms with Gasteiger partial charge < -0.3 is 14.8 Å². The molecule has 3 rings (SSSR count). The van der Waals surface area contributed by atoms with Gasteiger partial charge in [0, 0.05) is 16.3 Å². The molecule has 5 nitrogen and oxygen atoms in total. The average Bonchev–Trinajstić information content (AvgIpc) is 2.71. The summed E-state index contributed by atoms with van der Waals surface area (Å²) in [6.07, 6.45) is 0. The third kappa shape index (κ3) is 6.20. The zero-order chi connectivity index (χ0) is 20.6. The minimum absolute atomic E-state index is 0.197. The van der Waals surface area contributed by atoms with Crippen LogP contribution in [0.2, 0.25) is 5.02 Å². The van der Waals surface area contributed by atoms with Crippen molar-refractivity contribution in [1.82, 2.24) is 5.32 Å². The Bertz CT molecular complexity index is 992. The fourth-order valence-electron chi connectivity index (χ4n) is 2.48. The SMILES string of the molecule is CCOc1cccc(C(=O)NC(=S)Nc2ccc(Oc3ccc(Cl)cc3)cc2)c1. The number of ether oxygens (including phenoxy) is 2. The van der Waals surface area contributed by atoms with Gasteiger partial charge in [-0.05, 0) is 85.9 Å². The molecule has 7 heteroatoms. The summed E-state index contributed by atoms with van der Waals surface area (Å²) in [5.74, 6) is 1.68. The third-order valence-corrected chi connectivity index (χ3v) is 4.25. The van der Waals surface area contributed by atoms with Crippen LogP contribution in [0.15, 0.2) is 72.8 Å². The van der Waals surface area contributed by atoms with Crippen molar-refractivity contribution < 1.29 is 14.3 Å². The molecule has 0 atom stereocenters. The second-order valence-corrected chi connectivity index (χ2v) is 6.79. The van der Waals surface area contributed by atoms with Crippen molar-refractivity contribution in [2.24, 2.45) is 0 Å². The van der Waals surface area contributed by atoms with E-state index in [0.717, 1.165) is 5.69 Å². The largest absolute Gasteiger partial charge is 0.494 e. The van der Waals surface area contributed by atoms with Gasteiger partial charge in [-0.25, -0.2) is 0 Å². The molecule has 0 heterocycles. The van der Waals surface area contributed by atoms with Crippen LogP contribution in [0, 0.1) is 0 Å². The molecule has 0 saturated carbocycles. The first-order valence-corrected chi connectivity index (χ1v) is 9.71. The van der Waals surface area contributed by atoms with Crippen LogP contribution in [0.25, 0.3) is 0 Å². The van der Waals surface area contributed by atoms with Gasteiger partial charge in [-0.15, -0.1) is 0 Å². The first kappa shape index (κ1) is 20.6. The summed E-state index contributed by atoms with van der Waals surface area (Å²) in [5.41, 5.74) is 1.19. The standard InChI is InChI=1S/C22H19ClN2O3S/c1-2-27-20-5-3-4-15(14-20)21(26)25-22(29)24-17-8-12-19(13-9-17)28-18-10-6-16(23)7-11-18/h3-14H,2H2,1H3,(H2,24,25,26,29). The number of halogens is 1. The van der Waals surface area contributed by atoms with Gasteiger partial charge in [0.2, 0.25) is 0 Å². The summed E-state index contributed by atoms with van der Waals surface area (Å²) < 4.78 is 11.2. The lowest BCUT2D eigenvalue weighted by molar-refractivity contribution is 0.0977. The van der Waals surface area contributed by atoms with Crippen LogP contribution in [0.3, 0.4) is 0 Å². The summed E-state index contributed by atoms with van der Waals surface area (Å²) in [6, 6.07) is 21.2. The minimum Gasteiger partial charge on any atom is -0.494 e. The quantitative estimate of drug-likeness (QED) is 0.498. The smallest absolute Gasteiger partial charge is 0.257 e. The molecule has 0 saturated heterocycles. The molecule has 148 valence electrons. The van der Waals surface area contributed by atoms with Gasteiger partial charge >= 0.3 is 0 Å². The maximum atomic E-state index is 12.4. The Morgan fingerprint density at radius 3 is 2.28 bits per heavy atom. The summed E-state index contributed by atoms with van der Waals surface area (Å²) in [6.45, 7) is 2.42. The molecule has 0 unspecified atom stereocenters. The van der Waals surface area contributed by atoms with Gasteiger partial charge in [-0.1, -0.05) is 17.7 Å². The van der Waals surface area contributed by atoms with Crippen molar-refractivity contribution in [2.45, 2.75) is 6.92 Å². The first-order chi connectivity index (χ1) is 14.0. The van der Waals surface area contributed by atoms with E-state index in [1.165, 1.54) is 0 Å². The highest BCUT2D eigenvalue weighted by atomic mass is 35.5. The fraction of sp³-hybridized carbons (Fsp3) is 0.0909. The van der Waals surface area contributed by atoms with E-state index in [9.17, 15) is 4.79 Å². The number of rotatable bonds is 6. The van der Waals surface area contributed by atoms with Crippen molar-refractivity contribution in [2.75, 3.05) is 11.9 Å². The minimum atomic E-state index is -0.313. The fourth-order valence-corrected chi connectivity index (χ4v) is 2.81. The van der Waals surface area contributed by atoms with Crippen LogP contribution in [0.5, 0.6) is 17.2 Å². The molecule has 0 aliphatic carbocycles. The number of anilines is 1. The van der Waals surface area contributed by atoms with Crippen LogP contribution in [-0.4, -0.2) is 17.6 Å². The van der Waals surface area contributed by atoms with Crippen LogP contribution in [0.4, 0.5) is 5.69 Å². The number of thiocarbonyl (C=S) groups is 1. The molecule has 0 spiro atoms. The summed E-state index contributed by atoms with van der Waals surface area (Å²) in [4.78, 5) is 12.4. The van der Waals surface area contributed by atoms with Gasteiger partial charge in [-0.3, -0.25) is 10.1 Å². The highest BCUT2D eigenvalue weighted by molar-refractivity contribution is 7.80. The summed E-state index contributed by atoms with van der Waals surface area (Å²) in [5, 5.41) is 6.48. The predicted molar refractivity (Wildman–Crippen MR) is 119 cm³/mol. The Hall–Kier alpha value is -3.09. The second-order valence-electron chi connectivity index (χ2n) is 5.95. The van der Waals surface area contributed by atoms with E-state index in [0.29, 0.717) is 34.4 Å². The lowest BCUT2D eigenvalue weighted by Crippen LogP contribution is -2.34. The monoisotopic (exact) mass is 426 g/mol. The van der Waals surface area contributed by atoms with Gasteiger partial charge in [0.05, 0.1) is 6.61 Å². The molecular weight excluding hydrogens is 408 g/mol. The summed E-state index contributed by atoms with van der Waals surface area (Å²) in [7, 11) is 0. The van der Waals surface area contributed by atoms with Crippen LogP contribution < -0.4 is 20.1 Å². The van der Waals surface area contributed by atoms with Crippen LogP contribution in [0.1, 0.15) is 17.3 Å². The Morgan fingerprint density at radius 1 is 0.966 bits per heavy atom. The zero-order valence-electron chi connectivity index (χ0n) is 15.6. The molecular formula is C22H19ClN2O3S. The van der Waals surface area contributed by atoms with Crippen molar-refractivity contribution in [3.8, 4) is 17.2 Å². The third-order valence-electron chi connectivity index (χ3n) is 3.80. The van der Waals surface area contributed by atoms with E-state index in [1.807, 2.05) is 6.92 Å². The van der Waals surface area contributed by atoms with Crippen molar-refractivity contribution >= 4 is 40.5 Å². The first-order valence-electron chi connectivity index (χ1n) is 8.92. The van der Waals surface area contributed by atoms with Crippen molar-refractivity contribution in [1.29, 1.82) is 0 Å². The maximum absolute atomic E-state index is 12.4. The van der Waals surface area contributed by atoms with Gasteiger partial charge in [0.25, 0.3) is 5.91 Å². The molecule has 3 aromatic rings. The number of benzene rings is 3. The number of hydrogen-bond acceptors (Lipinski definition) is 4. The van der Waals surface area contributed by atoms with Gasteiger partial charge in [0.1, 0.15) is 17.2 Å². The van der Waals surface area contributed by atoms with Gasteiger partial charge in [-0.2, -0.15) is 0 Å². The second kappa shape index (κ2) is 9.91. The molecule has 0 aliphatic rings. The van der Waals surface area contributed by atoms with E-state index < -0.39 is 0 Å². The molecule has 29 heavy (non-hydrogen) atoms. The van der Waals surface area contributed by atoms with E-state index in [-0.39, 0.29) is 11.0 Å². The number of nitrogens with one attached hydrogen (secondary N) is 2. The maximum Gasteiger partial charge on any atom is 0.257 e. The highest BCUT2D eigenvalue weighted by Gasteiger charge is 2.09. The van der Waals surface area contributed by atoms with E-state index in [1.54, 1.807) is 72.8 Å². The van der Waals surface area contributed by atoms with E-state index >= 15 is 0 Å². The Morgan fingerprint density at radius 2 is 1.62 bits per heavy atom. The van der Waals surface area contributed by atoms with Crippen LogP contribution in [-0.2, 0) is 0 Å². The zero-order valence-corrected chi connectivity index (χ0v) is 17.2. The number of amides is 1. The van der Waals surface area contributed by atoms with Crippen molar-refractivity contribution in [3.63, 3.8) is 0 Å². The Labute approximate surface area is 179 Å². The number of carbonyl (C=O) groups is 1. The van der Waals surface area contributed by atoms with Crippen LogP contribution >= 0.6 is 23.8 Å². The van der Waals surface area contributed by atoms with Crippen molar-refractivity contribution in [3.05, 3.63) is 83.4 Å². The molecule has 1 amide bonds. The molecule has 0 bridgehead atoms. The molecule has 2 N–H and O–H groups in total. The lowest BCUT2D eigenvalue weighted by Gasteiger charge is -2.11. The molecule has 0 fully saturated rings. The predicted octanol–water partition coefficient (Wildman–Crippen LogP) is 5.66. The molecule has 0 aromatic heterocycles. The lowest BCUT2D eigenvalue weighted by atomic mass is 10.2. The van der Waals surface area contributed by atoms with E-state index in [2.05, 4.69) is 10.6 Å². The molecule has 0 aliphatic heterocycles. The summed E-state index contributed by atoms with van der Waals surface area (Å²) >= 11 is 11.1. The number of hydrogen-bond donors (Lipinski definition) is 2. The van der Waals surface area contributed by atoms with E-state index in [4.69, 9.17) is 33.3 Å². The molecule has 3 aromatic carbocycles. The number of carbonyl (C=O) groups excluding carboxylic acids is 1. The highest BCUT2D eigenvalue weighted by Crippen LogP contribution is 2.24. The Balaban J connectivity index is 1.55. The molecule has 0 radical (unpaired) electrons. The topological polar surface area (TPSA) is 59.6 Å². The normalized spacial score (nSPS) is 10.1. The Kier molecular flexibility index (Phi) is 7.05. The average molecular weight is 427 g/mol. The van der Waals surface area contributed by atoms with Gasteiger partial charge in [0.15, 0.2) is 5.11 Å².